The molecule has 0 saturated heterocycles. The summed E-state index contributed by atoms with van der Waals surface area (Å²) >= 11 is 0. The fourth-order valence-electron chi connectivity index (χ4n) is 4.60. The molecule has 2 saturated carbocycles. The van der Waals surface area contributed by atoms with Gasteiger partial charge in [0.1, 0.15) is 0 Å². The summed E-state index contributed by atoms with van der Waals surface area (Å²) in [6.45, 7) is 7.18. The number of hydrogen-bond donors (Lipinski definition) is 1. The smallest absolute Gasteiger partial charge is 0.0185 e. The molecule has 2 aliphatic rings. The van der Waals surface area contributed by atoms with Crippen LogP contribution in [0.4, 0.5) is 0 Å². The van der Waals surface area contributed by atoms with E-state index >= 15 is 0 Å². The van der Waals surface area contributed by atoms with Crippen LogP contribution in [0, 0.1) is 23.7 Å². The third kappa shape index (κ3) is 3.05. The Balaban J connectivity index is 2.03. The summed E-state index contributed by atoms with van der Waals surface area (Å²) in [4.78, 5) is 0. The maximum Gasteiger partial charge on any atom is 0.0185 e. The molecule has 0 aromatic carbocycles. The molecule has 1 nitrogen and oxygen atoms in total. The molecule has 0 radical (unpaired) electrons. The van der Waals surface area contributed by atoms with Gasteiger partial charge in [-0.1, -0.05) is 40.0 Å². The molecule has 17 heavy (non-hydrogen) atoms. The summed E-state index contributed by atoms with van der Waals surface area (Å²) in [7, 11) is 0. The van der Waals surface area contributed by atoms with Gasteiger partial charge in [0, 0.05) is 5.54 Å². The van der Waals surface area contributed by atoms with Crippen LogP contribution in [0.5, 0.6) is 0 Å². The first-order valence-corrected chi connectivity index (χ1v) is 7.82. The molecule has 0 aromatic rings. The summed E-state index contributed by atoms with van der Waals surface area (Å²) in [5, 5.41) is 0. The van der Waals surface area contributed by atoms with Crippen LogP contribution in [0.2, 0.25) is 0 Å². The van der Waals surface area contributed by atoms with E-state index in [-0.39, 0.29) is 5.54 Å². The predicted octanol–water partition coefficient (Wildman–Crippen LogP) is 4.36. The van der Waals surface area contributed by atoms with Gasteiger partial charge < -0.3 is 5.73 Å². The highest BCUT2D eigenvalue weighted by molar-refractivity contribution is 4.98. The molecular weight excluding hydrogens is 206 g/mol. The summed E-state index contributed by atoms with van der Waals surface area (Å²) in [6.07, 6.45) is 10.9. The SMILES string of the molecule is CCC1CCCC(N)(C2CC(C)CC(C)C2)C1. The van der Waals surface area contributed by atoms with Gasteiger partial charge in [0.25, 0.3) is 0 Å². The van der Waals surface area contributed by atoms with E-state index in [2.05, 4.69) is 20.8 Å². The standard InChI is InChI=1S/C16H31N/c1-4-14-6-5-7-16(17,11-14)15-9-12(2)8-13(3)10-15/h12-15H,4-11,17H2,1-3H3. The van der Waals surface area contributed by atoms with Gasteiger partial charge in [0.05, 0.1) is 0 Å². The van der Waals surface area contributed by atoms with Crippen molar-refractivity contribution in [2.45, 2.75) is 77.7 Å². The summed E-state index contributed by atoms with van der Waals surface area (Å²) in [5.41, 5.74) is 7.01. The van der Waals surface area contributed by atoms with Gasteiger partial charge in [-0.05, 0) is 55.8 Å². The maximum atomic E-state index is 6.82. The molecule has 0 aliphatic heterocycles. The molecule has 4 atom stereocenters. The van der Waals surface area contributed by atoms with Gasteiger partial charge in [-0.3, -0.25) is 0 Å². The van der Waals surface area contributed by atoms with E-state index in [9.17, 15) is 0 Å². The van der Waals surface area contributed by atoms with Gasteiger partial charge in [0.15, 0.2) is 0 Å². The average Bonchev–Trinajstić information content (AvgIpc) is 2.28. The lowest BCUT2D eigenvalue weighted by Gasteiger charge is -2.47. The molecule has 2 rings (SSSR count). The molecule has 100 valence electrons. The van der Waals surface area contributed by atoms with Crippen LogP contribution < -0.4 is 5.73 Å². The Labute approximate surface area is 108 Å². The number of rotatable bonds is 2. The van der Waals surface area contributed by atoms with Crippen molar-refractivity contribution < 1.29 is 0 Å². The lowest BCUT2D eigenvalue weighted by molar-refractivity contribution is 0.0832. The maximum absolute atomic E-state index is 6.82. The first-order valence-electron chi connectivity index (χ1n) is 7.82. The molecule has 0 spiro atoms. The summed E-state index contributed by atoms with van der Waals surface area (Å²) in [6, 6.07) is 0. The number of hydrogen-bond acceptors (Lipinski definition) is 1. The first kappa shape index (κ1) is 13.4. The first-order chi connectivity index (χ1) is 8.03. The largest absolute Gasteiger partial charge is 0.325 e. The Morgan fingerprint density at radius 2 is 1.76 bits per heavy atom. The Morgan fingerprint density at radius 3 is 2.35 bits per heavy atom. The van der Waals surface area contributed by atoms with Crippen LogP contribution in [0.3, 0.4) is 0 Å². The van der Waals surface area contributed by atoms with E-state index in [0.717, 1.165) is 23.7 Å². The van der Waals surface area contributed by atoms with Crippen molar-refractivity contribution in [2.24, 2.45) is 29.4 Å². The van der Waals surface area contributed by atoms with E-state index in [1.165, 1.54) is 51.4 Å². The zero-order chi connectivity index (χ0) is 12.5. The topological polar surface area (TPSA) is 26.0 Å². The van der Waals surface area contributed by atoms with Gasteiger partial charge in [-0.15, -0.1) is 0 Å². The van der Waals surface area contributed by atoms with Gasteiger partial charge >= 0.3 is 0 Å². The van der Waals surface area contributed by atoms with E-state index in [1.54, 1.807) is 0 Å². The normalized spacial score (nSPS) is 48.0. The zero-order valence-electron chi connectivity index (χ0n) is 12.0. The van der Waals surface area contributed by atoms with Crippen LogP contribution in [-0.4, -0.2) is 5.54 Å². The van der Waals surface area contributed by atoms with Crippen molar-refractivity contribution in [3.8, 4) is 0 Å². The lowest BCUT2D eigenvalue weighted by Crippen LogP contribution is -2.52. The summed E-state index contributed by atoms with van der Waals surface area (Å²) < 4.78 is 0. The average molecular weight is 237 g/mol. The second-order valence-corrected chi connectivity index (χ2v) is 7.22. The molecule has 0 amide bonds. The van der Waals surface area contributed by atoms with E-state index < -0.39 is 0 Å². The highest BCUT2D eigenvalue weighted by Crippen LogP contribution is 2.45. The Kier molecular flexibility index (Phi) is 4.18. The lowest BCUT2D eigenvalue weighted by atomic mass is 9.62. The molecule has 4 unspecified atom stereocenters. The molecule has 2 N–H and O–H groups in total. The molecule has 0 aromatic heterocycles. The van der Waals surface area contributed by atoms with Crippen molar-refractivity contribution >= 4 is 0 Å². The quantitative estimate of drug-likeness (QED) is 0.759. The van der Waals surface area contributed by atoms with Crippen LogP contribution in [0.15, 0.2) is 0 Å². The van der Waals surface area contributed by atoms with Crippen molar-refractivity contribution in [1.82, 2.24) is 0 Å². The monoisotopic (exact) mass is 237 g/mol. The minimum Gasteiger partial charge on any atom is -0.325 e. The molecule has 2 fully saturated rings. The third-order valence-corrected chi connectivity index (χ3v) is 5.49. The van der Waals surface area contributed by atoms with Gasteiger partial charge in [-0.25, -0.2) is 0 Å². The minimum atomic E-state index is 0.182. The second-order valence-electron chi connectivity index (χ2n) is 7.22. The van der Waals surface area contributed by atoms with E-state index in [0.29, 0.717) is 0 Å². The van der Waals surface area contributed by atoms with Gasteiger partial charge in [0.2, 0.25) is 0 Å². The minimum absolute atomic E-state index is 0.182. The Bertz CT molecular complexity index is 240. The van der Waals surface area contributed by atoms with Gasteiger partial charge in [-0.2, -0.15) is 0 Å². The van der Waals surface area contributed by atoms with Crippen LogP contribution in [0.25, 0.3) is 0 Å². The van der Waals surface area contributed by atoms with E-state index in [4.69, 9.17) is 5.73 Å². The summed E-state index contributed by atoms with van der Waals surface area (Å²) in [5.74, 6) is 3.49. The highest BCUT2D eigenvalue weighted by Gasteiger charge is 2.41. The Morgan fingerprint density at radius 1 is 1.12 bits per heavy atom. The van der Waals surface area contributed by atoms with Crippen LogP contribution >= 0.6 is 0 Å². The molecule has 1 heteroatoms. The Hall–Kier alpha value is -0.0400. The fourth-order valence-corrected chi connectivity index (χ4v) is 4.60. The molecule has 0 bridgehead atoms. The molecular formula is C16H31N. The van der Waals surface area contributed by atoms with Crippen molar-refractivity contribution in [2.75, 3.05) is 0 Å². The highest BCUT2D eigenvalue weighted by atomic mass is 14.8. The zero-order valence-corrected chi connectivity index (χ0v) is 12.0. The fraction of sp³-hybridized carbons (Fsp3) is 1.00. The van der Waals surface area contributed by atoms with Crippen molar-refractivity contribution in [1.29, 1.82) is 0 Å². The third-order valence-electron chi connectivity index (χ3n) is 5.49. The second kappa shape index (κ2) is 5.30. The van der Waals surface area contributed by atoms with Crippen LogP contribution in [0.1, 0.15) is 72.1 Å². The van der Waals surface area contributed by atoms with E-state index in [1.807, 2.05) is 0 Å². The van der Waals surface area contributed by atoms with Crippen LogP contribution in [-0.2, 0) is 0 Å². The van der Waals surface area contributed by atoms with Crippen molar-refractivity contribution in [3.05, 3.63) is 0 Å². The molecule has 0 heterocycles. The number of nitrogens with two attached hydrogens (primary N) is 1. The van der Waals surface area contributed by atoms with Crippen molar-refractivity contribution in [3.63, 3.8) is 0 Å². The molecule has 2 aliphatic carbocycles. The predicted molar refractivity (Wildman–Crippen MR) is 74.8 cm³/mol.